The predicted octanol–water partition coefficient (Wildman–Crippen LogP) is 3.53. The first-order valence-corrected chi connectivity index (χ1v) is 15.0. The van der Waals surface area contributed by atoms with Gasteiger partial charge in [0.15, 0.2) is 17.4 Å². The Morgan fingerprint density at radius 3 is 2.69 bits per heavy atom. The Balaban J connectivity index is 1.29. The summed E-state index contributed by atoms with van der Waals surface area (Å²) in [7, 11) is -2.14. The van der Waals surface area contributed by atoms with Gasteiger partial charge in [0.25, 0.3) is 0 Å². The van der Waals surface area contributed by atoms with Crippen LogP contribution in [0.3, 0.4) is 0 Å². The van der Waals surface area contributed by atoms with Gasteiger partial charge in [-0.2, -0.15) is 9.40 Å². The van der Waals surface area contributed by atoms with E-state index in [9.17, 15) is 17.6 Å². The minimum atomic E-state index is -4.02. The summed E-state index contributed by atoms with van der Waals surface area (Å²) in [5.74, 6) is 0.406. The molecule has 0 bridgehead atoms. The molecule has 1 saturated heterocycles. The molecule has 1 aliphatic carbocycles. The number of hydrogen-bond acceptors (Lipinski definition) is 8. The fraction of sp³-hybridized carbons (Fsp3) is 0.267. The van der Waals surface area contributed by atoms with Gasteiger partial charge in [-0.15, -0.1) is 0 Å². The molecule has 0 radical (unpaired) electrons. The molecule has 12 heteroatoms. The number of aromatic nitrogens is 4. The number of carbonyl (C=O) groups is 1. The molecule has 5 heterocycles. The zero-order valence-electron chi connectivity index (χ0n) is 22.8. The highest BCUT2D eigenvalue weighted by Crippen LogP contribution is 2.47. The van der Waals surface area contributed by atoms with Gasteiger partial charge in [0.05, 0.1) is 29.5 Å². The number of benzene rings is 1. The number of anilines is 1. The molecule has 1 atom stereocenters. The van der Waals surface area contributed by atoms with E-state index in [1.54, 1.807) is 47.4 Å². The van der Waals surface area contributed by atoms with Crippen molar-refractivity contribution in [2.75, 3.05) is 38.2 Å². The number of fused-ring (bicyclic) bond motifs is 3. The molecule has 3 aromatic heterocycles. The number of piperidine rings is 1. The van der Waals surface area contributed by atoms with Crippen molar-refractivity contribution in [3.8, 4) is 11.4 Å². The second-order valence-electron chi connectivity index (χ2n) is 10.8. The van der Waals surface area contributed by atoms with Crippen LogP contribution in [0.15, 0.2) is 77.6 Å². The van der Waals surface area contributed by atoms with Gasteiger partial charge < -0.3 is 9.64 Å². The van der Waals surface area contributed by atoms with Crippen molar-refractivity contribution in [2.24, 2.45) is 5.41 Å². The Morgan fingerprint density at radius 2 is 1.90 bits per heavy atom. The summed E-state index contributed by atoms with van der Waals surface area (Å²) < 4.78 is 50.4. The topological polar surface area (TPSA) is 111 Å². The molecule has 214 valence electrons. The van der Waals surface area contributed by atoms with E-state index in [2.05, 4.69) is 15.1 Å². The monoisotopic (exact) mass is 586 g/mol. The van der Waals surface area contributed by atoms with Crippen LogP contribution in [-0.2, 0) is 16.4 Å². The first kappa shape index (κ1) is 26.5. The van der Waals surface area contributed by atoms with Crippen LogP contribution < -0.4 is 9.64 Å². The zero-order chi connectivity index (χ0) is 29.1. The summed E-state index contributed by atoms with van der Waals surface area (Å²) in [6, 6.07) is 12.7. The summed E-state index contributed by atoms with van der Waals surface area (Å²) in [6.07, 6.45) is 7.11. The van der Waals surface area contributed by atoms with Crippen molar-refractivity contribution in [3.05, 3.63) is 95.5 Å². The Hall–Kier alpha value is -4.42. The van der Waals surface area contributed by atoms with Crippen LogP contribution in [0.5, 0.6) is 5.75 Å². The highest BCUT2D eigenvalue weighted by atomic mass is 32.2. The van der Waals surface area contributed by atoms with E-state index in [0.29, 0.717) is 36.8 Å². The molecule has 3 aliphatic rings. The second-order valence-corrected chi connectivity index (χ2v) is 12.7. The Morgan fingerprint density at radius 1 is 1.07 bits per heavy atom. The molecule has 0 N–H and O–H groups in total. The van der Waals surface area contributed by atoms with E-state index in [-0.39, 0.29) is 41.7 Å². The van der Waals surface area contributed by atoms with E-state index in [1.165, 1.54) is 28.7 Å². The lowest BCUT2D eigenvalue weighted by Crippen LogP contribution is -2.53. The minimum Gasteiger partial charge on any atom is -0.488 e. The van der Waals surface area contributed by atoms with Crippen LogP contribution >= 0.6 is 0 Å². The number of likely N-dealkylation sites (N-methyl/N-ethyl adjacent to an activating group) is 1. The number of ether oxygens (including phenoxy) is 1. The molecule has 10 nitrogen and oxygen atoms in total. The van der Waals surface area contributed by atoms with Crippen molar-refractivity contribution in [1.82, 2.24) is 24.1 Å². The summed E-state index contributed by atoms with van der Waals surface area (Å²) in [4.78, 5) is 24.9. The van der Waals surface area contributed by atoms with Gasteiger partial charge >= 0.3 is 0 Å². The predicted molar refractivity (Wildman–Crippen MR) is 153 cm³/mol. The fourth-order valence-corrected chi connectivity index (χ4v) is 7.51. The van der Waals surface area contributed by atoms with Gasteiger partial charge in [0, 0.05) is 38.6 Å². The zero-order valence-corrected chi connectivity index (χ0v) is 23.6. The lowest BCUT2D eigenvalue weighted by atomic mass is 9.65. The number of ketones is 1. The van der Waals surface area contributed by atoms with Gasteiger partial charge in [-0.3, -0.25) is 9.78 Å². The van der Waals surface area contributed by atoms with E-state index >= 15 is 0 Å². The molecule has 0 amide bonds. The standard InChI is InChI=1S/C30H27FN6O4S/c1-35-12-13-41-27-15-24(18-33-29(27)35)42(39,40)36-11-9-21-14-26-20(17-34-37(26)23-7-5-22(31)6-8-23)16-30(21,19-36)28(38)25-4-2-3-10-32-25/h2-8,10,14-15,17-18H,9,11-13,16,19H2,1H3. The SMILES string of the molecule is CN1CCOc2cc(S(=O)(=O)N3CCC4=Cc5c(cnn5-c5ccc(F)cc5)CC4(C(=O)c4ccccn4)C3)cnc21. The number of halogens is 1. The van der Waals surface area contributed by atoms with Gasteiger partial charge in [-0.1, -0.05) is 11.6 Å². The van der Waals surface area contributed by atoms with Crippen molar-refractivity contribution in [2.45, 2.75) is 17.7 Å². The molecule has 2 aliphatic heterocycles. The van der Waals surface area contributed by atoms with Gasteiger partial charge in [-0.25, -0.2) is 22.5 Å². The maximum absolute atomic E-state index is 14.3. The first-order valence-electron chi connectivity index (χ1n) is 13.6. The molecule has 1 fully saturated rings. The lowest BCUT2D eigenvalue weighted by Gasteiger charge is -2.44. The smallest absolute Gasteiger partial charge is 0.244 e. The summed E-state index contributed by atoms with van der Waals surface area (Å²) in [5.41, 5.74) is 2.17. The molecular weight excluding hydrogens is 559 g/mol. The number of carbonyl (C=O) groups excluding carboxylic acids is 1. The van der Waals surface area contributed by atoms with Gasteiger partial charge in [0.2, 0.25) is 10.0 Å². The van der Waals surface area contributed by atoms with Crippen LogP contribution in [0.2, 0.25) is 0 Å². The molecule has 42 heavy (non-hydrogen) atoms. The largest absolute Gasteiger partial charge is 0.488 e. The number of hydrogen-bond donors (Lipinski definition) is 0. The van der Waals surface area contributed by atoms with E-state index < -0.39 is 15.4 Å². The number of rotatable bonds is 5. The fourth-order valence-electron chi connectivity index (χ4n) is 6.05. The Kier molecular flexibility index (Phi) is 6.21. The number of Topliss-reactive ketones (excluding diaryl/α,β-unsaturated/α-hetero) is 1. The van der Waals surface area contributed by atoms with E-state index in [1.807, 2.05) is 18.0 Å². The number of nitrogens with zero attached hydrogens (tertiary/aromatic N) is 6. The average molecular weight is 587 g/mol. The maximum Gasteiger partial charge on any atom is 0.244 e. The highest BCUT2D eigenvalue weighted by Gasteiger charge is 2.51. The van der Waals surface area contributed by atoms with Crippen molar-refractivity contribution < 1.29 is 22.3 Å². The third-order valence-electron chi connectivity index (χ3n) is 8.28. The third kappa shape index (κ3) is 4.21. The molecule has 1 unspecified atom stereocenters. The summed E-state index contributed by atoms with van der Waals surface area (Å²) >= 11 is 0. The number of pyridine rings is 2. The molecule has 0 saturated carbocycles. The molecule has 7 rings (SSSR count). The number of sulfonamides is 1. The van der Waals surface area contributed by atoms with E-state index in [0.717, 1.165) is 16.8 Å². The van der Waals surface area contributed by atoms with Crippen LogP contribution in [0.4, 0.5) is 10.2 Å². The lowest BCUT2D eigenvalue weighted by molar-refractivity contribution is 0.0770. The highest BCUT2D eigenvalue weighted by molar-refractivity contribution is 7.89. The Bertz CT molecular complexity index is 1840. The van der Waals surface area contributed by atoms with Crippen LogP contribution in [-0.4, -0.2) is 71.5 Å². The molecule has 1 aromatic carbocycles. The first-order chi connectivity index (χ1) is 20.3. The second kappa shape index (κ2) is 9.85. The molecule has 0 spiro atoms. The average Bonchev–Trinajstić information content (AvgIpc) is 3.42. The van der Waals surface area contributed by atoms with Crippen molar-refractivity contribution in [1.29, 1.82) is 0 Å². The van der Waals surface area contributed by atoms with Crippen LogP contribution in [0, 0.1) is 11.2 Å². The molecule has 4 aromatic rings. The minimum absolute atomic E-state index is 0.0186. The quantitative estimate of drug-likeness (QED) is 0.327. The van der Waals surface area contributed by atoms with Crippen LogP contribution in [0.25, 0.3) is 11.8 Å². The summed E-state index contributed by atoms with van der Waals surface area (Å²) in [5, 5.41) is 4.55. The normalized spacial score (nSPS) is 20.1. The van der Waals surface area contributed by atoms with Crippen molar-refractivity contribution in [3.63, 3.8) is 0 Å². The van der Waals surface area contributed by atoms with E-state index in [4.69, 9.17) is 4.74 Å². The van der Waals surface area contributed by atoms with Crippen LogP contribution in [0.1, 0.15) is 28.2 Å². The van der Waals surface area contributed by atoms with Gasteiger partial charge in [0.1, 0.15) is 23.0 Å². The summed E-state index contributed by atoms with van der Waals surface area (Å²) in [6.45, 7) is 1.21. The molecular formula is C30H27FN6O4S. The van der Waals surface area contributed by atoms with Crippen molar-refractivity contribution >= 4 is 27.7 Å². The third-order valence-corrected chi connectivity index (χ3v) is 10.1. The van der Waals surface area contributed by atoms with Gasteiger partial charge in [-0.05, 0) is 60.9 Å². The Labute approximate surface area is 242 Å². The maximum atomic E-state index is 14.3.